The first-order valence-electron chi connectivity index (χ1n) is 10.5. The lowest BCUT2D eigenvalue weighted by Crippen LogP contribution is -2.51. The Morgan fingerprint density at radius 1 is 0.900 bits per heavy atom. The number of piperazine rings is 1. The summed E-state index contributed by atoms with van der Waals surface area (Å²) in [6.07, 6.45) is 4.10. The number of carbonyl (C=O) groups excluding carboxylic acids is 2. The van der Waals surface area contributed by atoms with Crippen LogP contribution in [0.3, 0.4) is 0 Å². The summed E-state index contributed by atoms with van der Waals surface area (Å²) in [5.74, 6) is 0.102. The van der Waals surface area contributed by atoms with Crippen molar-refractivity contribution in [3.05, 3.63) is 72.6 Å². The Balaban J connectivity index is 1.53. The Hall–Kier alpha value is -3.28. The zero-order valence-electron chi connectivity index (χ0n) is 17.2. The van der Waals surface area contributed by atoms with E-state index in [-0.39, 0.29) is 18.0 Å². The minimum atomic E-state index is -0.300. The van der Waals surface area contributed by atoms with Gasteiger partial charge in [-0.25, -0.2) is 4.79 Å². The van der Waals surface area contributed by atoms with Crippen molar-refractivity contribution in [2.24, 2.45) is 0 Å². The fourth-order valence-corrected chi connectivity index (χ4v) is 4.12. The SMILES string of the molecule is CCOC(=O)N1CCN(C(=O)C[C@H](c2cccc3ccccc23)n2cccc2)CC1. The van der Waals surface area contributed by atoms with Crippen molar-refractivity contribution in [3.8, 4) is 0 Å². The van der Waals surface area contributed by atoms with Crippen molar-refractivity contribution in [2.45, 2.75) is 19.4 Å². The maximum atomic E-state index is 13.2. The fourth-order valence-electron chi connectivity index (χ4n) is 4.12. The molecule has 2 amide bonds. The van der Waals surface area contributed by atoms with Crippen LogP contribution >= 0.6 is 0 Å². The zero-order chi connectivity index (χ0) is 20.9. The van der Waals surface area contributed by atoms with Gasteiger partial charge < -0.3 is 19.1 Å². The molecule has 2 heterocycles. The number of hydrogen-bond acceptors (Lipinski definition) is 3. The summed E-state index contributed by atoms with van der Waals surface area (Å²) >= 11 is 0. The van der Waals surface area contributed by atoms with Gasteiger partial charge in [0.2, 0.25) is 5.91 Å². The summed E-state index contributed by atoms with van der Waals surface area (Å²) in [6.45, 7) is 4.24. The maximum absolute atomic E-state index is 13.2. The van der Waals surface area contributed by atoms with E-state index in [9.17, 15) is 9.59 Å². The molecule has 0 N–H and O–H groups in total. The molecule has 0 unspecified atom stereocenters. The van der Waals surface area contributed by atoms with E-state index in [2.05, 4.69) is 34.9 Å². The third-order valence-corrected chi connectivity index (χ3v) is 5.70. The maximum Gasteiger partial charge on any atom is 0.409 e. The van der Waals surface area contributed by atoms with Crippen LogP contribution in [0, 0.1) is 0 Å². The quantitative estimate of drug-likeness (QED) is 0.646. The van der Waals surface area contributed by atoms with E-state index in [1.54, 1.807) is 11.8 Å². The van der Waals surface area contributed by atoms with Crippen LogP contribution in [0.1, 0.15) is 24.9 Å². The Morgan fingerprint density at radius 2 is 1.57 bits per heavy atom. The van der Waals surface area contributed by atoms with Crippen LogP contribution in [0.4, 0.5) is 4.79 Å². The molecule has 2 aromatic carbocycles. The monoisotopic (exact) mass is 405 g/mol. The molecule has 156 valence electrons. The van der Waals surface area contributed by atoms with Gasteiger partial charge in [0.25, 0.3) is 0 Å². The van der Waals surface area contributed by atoms with Gasteiger partial charge in [0, 0.05) is 38.6 Å². The zero-order valence-corrected chi connectivity index (χ0v) is 17.2. The lowest BCUT2D eigenvalue weighted by atomic mass is 9.96. The second-order valence-corrected chi connectivity index (χ2v) is 7.49. The van der Waals surface area contributed by atoms with Crippen LogP contribution in [-0.4, -0.2) is 59.2 Å². The number of benzene rings is 2. The van der Waals surface area contributed by atoms with Crippen molar-refractivity contribution < 1.29 is 14.3 Å². The van der Waals surface area contributed by atoms with Gasteiger partial charge in [-0.15, -0.1) is 0 Å². The highest BCUT2D eigenvalue weighted by molar-refractivity contribution is 5.87. The first kappa shape index (κ1) is 20.0. The summed E-state index contributed by atoms with van der Waals surface area (Å²) in [5.41, 5.74) is 1.14. The van der Waals surface area contributed by atoms with E-state index in [4.69, 9.17) is 4.74 Å². The molecule has 1 aromatic heterocycles. The third-order valence-electron chi connectivity index (χ3n) is 5.70. The molecule has 4 rings (SSSR count). The summed E-state index contributed by atoms with van der Waals surface area (Å²) < 4.78 is 7.18. The van der Waals surface area contributed by atoms with Gasteiger partial charge in [0.05, 0.1) is 19.1 Å². The number of nitrogens with zero attached hydrogens (tertiary/aromatic N) is 3. The number of carbonyl (C=O) groups is 2. The molecule has 1 aliphatic rings. The van der Waals surface area contributed by atoms with E-state index in [0.29, 0.717) is 39.2 Å². The minimum absolute atomic E-state index is 0.0818. The van der Waals surface area contributed by atoms with Crippen molar-refractivity contribution in [2.75, 3.05) is 32.8 Å². The van der Waals surface area contributed by atoms with E-state index in [0.717, 1.165) is 5.56 Å². The van der Waals surface area contributed by atoms with Crippen molar-refractivity contribution in [3.63, 3.8) is 0 Å². The van der Waals surface area contributed by atoms with Gasteiger partial charge >= 0.3 is 6.09 Å². The van der Waals surface area contributed by atoms with E-state index in [1.165, 1.54) is 10.8 Å². The molecular weight excluding hydrogens is 378 g/mol. The number of aromatic nitrogens is 1. The third kappa shape index (κ3) is 4.17. The average Bonchev–Trinajstić information content (AvgIpc) is 3.32. The van der Waals surface area contributed by atoms with Crippen LogP contribution in [0.25, 0.3) is 10.8 Å². The summed E-state index contributed by atoms with van der Waals surface area (Å²) in [6, 6.07) is 18.4. The molecule has 0 spiro atoms. The molecule has 1 atom stereocenters. The highest BCUT2D eigenvalue weighted by Crippen LogP contribution is 2.30. The molecule has 6 nitrogen and oxygen atoms in total. The molecule has 30 heavy (non-hydrogen) atoms. The van der Waals surface area contributed by atoms with Gasteiger partial charge in [-0.3, -0.25) is 4.79 Å². The smallest absolute Gasteiger partial charge is 0.409 e. The first-order valence-corrected chi connectivity index (χ1v) is 10.5. The van der Waals surface area contributed by atoms with Gasteiger partial charge in [0.15, 0.2) is 0 Å². The molecule has 1 saturated heterocycles. The van der Waals surface area contributed by atoms with E-state index < -0.39 is 0 Å². The average molecular weight is 405 g/mol. The van der Waals surface area contributed by atoms with Crippen molar-refractivity contribution in [1.82, 2.24) is 14.4 Å². The lowest BCUT2D eigenvalue weighted by Gasteiger charge is -2.35. The normalized spacial score (nSPS) is 15.2. The molecular formula is C24H27N3O3. The Morgan fingerprint density at radius 3 is 2.30 bits per heavy atom. The molecule has 1 aliphatic heterocycles. The van der Waals surface area contributed by atoms with Gasteiger partial charge in [0.1, 0.15) is 0 Å². The van der Waals surface area contributed by atoms with Gasteiger partial charge in [-0.1, -0.05) is 42.5 Å². The second kappa shape index (κ2) is 9.03. The molecule has 0 radical (unpaired) electrons. The highest BCUT2D eigenvalue weighted by atomic mass is 16.6. The summed E-state index contributed by atoms with van der Waals surface area (Å²) in [4.78, 5) is 28.6. The van der Waals surface area contributed by atoms with Gasteiger partial charge in [-0.05, 0) is 35.4 Å². The lowest BCUT2D eigenvalue weighted by molar-refractivity contribution is -0.133. The Kier molecular flexibility index (Phi) is 6.02. The van der Waals surface area contributed by atoms with Crippen LogP contribution in [-0.2, 0) is 9.53 Å². The number of ether oxygens (including phenoxy) is 1. The second-order valence-electron chi connectivity index (χ2n) is 7.49. The molecule has 1 fully saturated rings. The molecule has 6 heteroatoms. The van der Waals surface area contributed by atoms with Crippen molar-refractivity contribution >= 4 is 22.8 Å². The number of amides is 2. The predicted molar refractivity (Wildman–Crippen MR) is 116 cm³/mol. The van der Waals surface area contributed by atoms with E-state index >= 15 is 0 Å². The number of fused-ring (bicyclic) bond motifs is 1. The number of hydrogen-bond donors (Lipinski definition) is 0. The van der Waals surface area contributed by atoms with Gasteiger partial charge in [-0.2, -0.15) is 0 Å². The van der Waals surface area contributed by atoms with E-state index in [1.807, 2.05) is 41.6 Å². The first-order chi connectivity index (χ1) is 14.7. The number of rotatable bonds is 5. The molecule has 0 bridgehead atoms. The molecule has 0 saturated carbocycles. The summed E-state index contributed by atoms with van der Waals surface area (Å²) in [5, 5.41) is 2.33. The van der Waals surface area contributed by atoms with Crippen LogP contribution < -0.4 is 0 Å². The van der Waals surface area contributed by atoms with Crippen LogP contribution in [0.2, 0.25) is 0 Å². The Bertz CT molecular complexity index is 1000. The topological polar surface area (TPSA) is 54.8 Å². The molecule has 0 aliphatic carbocycles. The fraction of sp³-hybridized carbons (Fsp3) is 0.333. The largest absolute Gasteiger partial charge is 0.450 e. The highest BCUT2D eigenvalue weighted by Gasteiger charge is 2.27. The minimum Gasteiger partial charge on any atom is -0.450 e. The van der Waals surface area contributed by atoms with Crippen molar-refractivity contribution in [1.29, 1.82) is 0 Å². The van der Waals surface area contributed by atoms with Crippen LogP contribution in [0.5, 0.6) is 0 Å². The Labute approximate surface area is 176 Å². The standard InChI is InChI=1S/C24H27N3O3/c1-2-30-24(29)27-16-14-26(15-17-27)23(28)18-22(25-12-5-6-13-25)21-11-7-9-19-8-3-4-10-20(19)21/h3-13,22H,2,14-18H2,1H3/t22-/m1/s1. The van der Waals surface area contributed by atoms with Crippen LogP contribution in [0.15, 0.2) is 67.0 Å². The molecule has 3 aromatic rings. The predicted octanol–water partition coefficient (Wildman–Crippen LogP) is 3.92. The summed E-state index contributed by atoms with van der Waals surface area (Å²) in [7, 11) is 0.